The van der Waals surface area contributed by atoms with E-state index in [4.69, 9.17) is 0 Å². The Morgan fingerprint density at radius 1 is 1.24 bits per heavy atom. The van der Waals surface area contributed by atoms with E-state index in [0.29, 0.717) is 24.9 Å². The van der Waals surface area contributed by atoms with Crippen LogP contribution in [0, 0.1) is 5.92 Å². The Morgan fingerprint density at radius 3 is 2.84 bits per heavy atom. The largest absolute Gasteiger partial charge is 0.356 e. The zero-order valence-electron chi connectivity index (χ0n) is 15.3. The molecule has 2 unspecified atom stereocenters. The number of hydrogen-bond donors (Lipinski definition) is 1. The Hall–Kier alpha value is -1.62. The SMILES string of the molecule is CN=C(NCCCF)N1CCC2C(CCCN2Cc2ccccc2)C1. The van der Waals surface area contributed by atoms with Gasteiger partial charge < -0.3 is 10.2 Å². The molecule has 4 nitrogen and oxygen atoms in total. The summed E-state index contributed by atoms with van der Waals surface area (Å²) in [5, 5.41) is 3.31. The number of piperidine rings is 2. The summed E-state index contributed by atoms with van der Waals surface area (Å²) in [4.78, 5) is 9.45. The highest BCUT2D eigenvalue weighted by Crippen LogP contribution is 2.31. The lowest BCUT2D eigenvalue weighted by atomic mass is 9.83. The van der Waals surface area contributed by atoms with Gasteiger partial charge in [-0.15, -0.1) is 0 Å². The van der Waals surface area contributed by atoms with Crippen molar-refractivity contribution in [1.82, 2.24) is 15.1 Å². The van der Waals surface area contributed by atoms with E-state index < -0.39 is 0 Å². The fourth-order valence-electron chi connectivity index (χ4n) is 4.31. The second-order valence-corrected chi connectivity index (χ2v) is 7.18. The van der Waals surface area contributed by atoms with E-state index in [-0.39, 0.29) is 6.67 Å². The minimum Gasteiger partial charge on any atom is -0.356 e. The first kappa shape index (κ1) is 18.2. The highest BCUT2D eigenvalue weighted by Gasteiger charge is 2.36. The fourth-order valence-corrected chi connectivity index (χ4v) is 4.31. The predicted octanol–water partition coefficient (Wildman–Crippen LogP) is 2.91. The van der Waals surface area contributed by atoms with Gasteiger partial charge >= 0.3 is 0 Å². The molecule has 0 amide bonds. The molecule has 2 heterocycles. The van der Waals surface area contributed by atoms with E-state index in [1.165, 1.54) is 31.4 Å². The van der Waals surface area contributed by atoms with Crippen LogP contribution in [0.4, 0.5) is 4.39 Å². The molecule has 2 aliphatic rings. The lowest BCUT2D eigenvalue weighted by molar-refractivity contribution is 0.0372. The van der Waals surface area contributed by atoms with Crippen LogP contribution in [-0.4, -0.2) is 61.7 Å². The van der Waals surface area contributed by atoms with E-state index in [0.717, 1.165) is 25.6 Å². The van der Waals surface area contributed by atoms with Crippen molar-refractivity contribution in [3.8, 4) is 0 Å². The maximum absolute atomic E-state index is 12.3. The Kier molecular flexibility index (Phi) is 6.68. The summed E-state index contributed by atoms with van der Waals surface area (Å²) in [6, 6.07) is 11.5. The summed E-state index contributed by atoms with van der Waals surface area (Å²) < 4.78 is 12.3. The van der Waals surface area contributed by atoms with Crippen LogP contribution < -0.4 is 5.32 Å². The molecule has 0 aliphatic carbocycles. The molecule has 0 spiro atoms. The number of guanidine groups is 1. The Bertz CT molecular complexity index is 548. The first-order valence-corrected chi connectivity index (χ1v) is 9.61. The standard InChI is InChI=1S/C20H31FN4/c1-22-20(23-12-6-11-21)25-14-10-19-18(16-25)9-5-13-24(19)15-17-7-3-2-4-8-17/h2-4,7-8,18-19H,5-6,9-16H2,1H3,(H,22,23). The van der Waals surface area contributed by atoms with Gasteiger partial charge in [-0.3, -0.25) is 14.3 Å². The molecule has 3 rings (SSSR count). The van der Waals surface area contributed by atoms with Gasteiger partial charge in [-0.25, -0.2) is 0 Å². The number of nitrogens with zero attached hydrogens (tertiary/aromatic N) is 3. The maximum atomic E-state index is 12.3. The van der Waals surface area contributed by atoms with Gasteiger partial charge in [0.05, 0.1) is 6.67 Å². The molecule has 0 saturated carbocycles. The van der Waals surface area contributed by atoms with Crippen LogP contribution in [0.15, 0.2) is 35.3 Å². The van der Waals surface area contributed by atoms with Crippen molar-refractivity contribution in [2.75, 3.05) is 39.9 Å². The molecule has 1 N–H and O–H groups in total. The van der Waals surface area contributed by atoms with Crippen LogP contribution in [0.1, 0.15) is 31.2 Å². The van der Waals surface area contributed by atoms with E-state index in [9.17, 15) is 4.39 Å². The number of rotatable bonds is 5. The lowest BCUT2D eigenvalue weighted by Gasteiger charge is -2.48. The lowest BCUT2D eigenvalue weighted by Crippen LogP contribution is -2.56. The van der Waals surface area contributed by atoms with Crippen molar-refractivity contribution in [3.63, 3.8) is 0 Å². The number of aliphatic imine (C=N–C) groups is 1. The normalized spacial score (nSPS) is 24.9. The molecule has 2 saturated heterocycles. The quantitative estimate of drug-likeness (QED) is 0.505. The molecule has 0 bridgehead atoms. The van der Waals surface area contributed by atoms with E-state index >= 15 is 0 Å². The number of hydrogen-bond acceptors (Lipinski definition) is 2. The molecular weight excluding hydrogens is 315 g/mol. The van der Waals surface area contributed by atoms with Gasteiger partial charge in [-0.1, -0.05) is 30.3 Å². The topological polar surface area (TPSA) is 30.9 Å². The van der Waals surface area contributed by atoms with Crippen LogP contribution in [0.5, 0.6) is 0 Å². The van der Waals surface area contributed by atoms with E-state index in [1.54, 1.807) is 0 Å². The van der Waals surface area contributed by atoms with Gasteiger partial charge in [0.2, 0.25) is 0 Å². The van der Waals surface area contributed by atoms with Gasteiger partial charge in [0.25, 0.3) is 0 Å². The average Bonchev–Trinajstić information content (AvgIpc) is 2.66. The molecule has 25 heavy (non-hydrogen) atoms. The first-order valence-electron chi connectivity index (χ1n) is 9.61. The van der Waals surface area contributed by atoms with Gasteiger partial charge in [-0.2, -0.15) is 0 Å². The predicted molar refractivity (Wildman–Crippen MR) is 102 cm³/mol. The van der Waals surface area contributed by atoms with Crippen molar-refractivity contribution >= 4 is 5.96 Å². The zero-order chi connectivity index (χ0) is 17.5. The number of halogens is 1. The van der Waals surface area contributed by atoms with E-state index in [2.05, 4.69) is 50.4 Å². The van der Waals surface area contributed by atoms with Gasteiger partial charge in [-0.05, 0) is 43.7 Å². The van der Waals surface area contributed by atoms with Crippen molar-refractivity contribution in [2.45, 2.75) is 38.3 Å². The van der Waals surface area contributed by atoms with Crippen LogP contribution in [0.3, 0.4) is 0 Å². The van der Waals surface area contributed by atoms with Crippen LogP contribution in [0.25, 0.3) is 0 Å². The van der Waals surface area contributed by atoms with E-state index in [1.807, 2.05) is 7.05 Å². The number of fused-ring (bicyclic) bond motifs is 1. The molecule has 1 aromatic carbocycles. The second-order valence-electron chi connectivity index (χ2n) is 7.18. The number of likely N-dealkylation sites (tertiary alicyclic amines) is 2. The molecule has 1 aromatic rings. The fraction of sp³-hybridized carbons (Fsp3) is 0.650. The number of benzene rings is 1. The third kappa shape index (κ3) is 4.72. The first-order chi connectivity index (χ1) is 12.3. The Morgan fingerprint density at radius 2 is 2.08 bits per heavy atom. The third-order valence-electron chi connectivity index (χ3n) is 5.52. The maximum Gasteiger partial charge on any atom is 0.193 e. The second kappa shape index (κ2) is 9.18. The average molecular weight is 346 g/mol. The molecule has 2 fully saturated rings. The van der Waals surface area contributed by atoms with Gasteiger partial charge in [0, 0.05) is 39.3 Å². The van der Waals surface area contributed by atoms with Crippen LogP contribution in [0.2, 0.25) is 0 Å². The van der Waals surface area contributed by atoms with Gasteiger partial charge in [0.1, 0.15) is 0 Å². The summed E-state index contributed by atoms with van der Waals surface area (Å²) in [7, 11) is 1.83. The number of nitrogens with one attached hydrogen (secondary N) is 1. The summed E-state index contributed by atoms with van der Waals surface area (Å²) in [5.41, 5.74) is 1.41. The molecule has 0 radical (unpaired) electrons. The zero-order valence-corrected chi connectivity index (χ0v) is 15.3. The van der Waals surface area contributed by atoms with Crippen LogP contribution >= 0.6 is 0 Å². The summed E-state index contributed by atoms with van der Waals surface area (Å²) >= 11 is 0. The summed E-state index contributed by atoms with van der Waals surface area (Å²) in [6.45, 7) is 4.75. The van der Waals surface area contributed by atoms with Crippen molar-refractivity contribution < 1.29 is 4.39 Å². The smallest absolute Gasteiger partial charge is 0.193 e. The highest BCUT2D eigenvalue weighted by molar-refractivity contribution is 5.80. The van der Waals surface area contributed by atoms with Gasteiger partial charge in [0.15, 0.2) is 5.96 Å². The number of alkyl halides is 1. The Labute approximate surface area is 151 Å². The van der Waals surface area contributed by atoms with Crippen molar-refractivity contribution in [2.24, 2.45) is 10.9 Å². The molecular formula is C20H31FN4. The summed E-state index contributed by atoms with van der Waals surface area (Å²) in [5.74, 6) is 1.64. The van der Waals surface area contributed by atoms with Crippen molar-refractivity contribution in [3.05, 3.63) is 35.9 Å². The third-order valence-corrected chi connectivity index (χ3v) is 5.52. The molecule has 2 atom stereocenters. The highest BCUT2D eigenvalue weighted by atomic mass is 19.1. The minimum atomic E-state index is -0.275. The minimum absolute atomic E-state index is 0.275. The molecule has 5 heteroatoms. The Balaban J connectivity index is 1.58. The monoisotopic (exact) mass is 346 g/mol. The molecule has 138 valence electrons. The van der Waals surface area contributed by atoms with Crippen molar-refractivity contribution in [1.29, 1.82) is 0 Å². The van der Waals surface area contributed by atoms with Crippen LogP contribution in [-0.2, 0) is 6.54 Å². The molecule has 0 aromatic heterocycles. The summed E-state index contributed by atoms with van der Waals surface area (Å²) in [6.07, 6.45) is 4.30. The molecule has 2 aliphatic heterocycles.